The lowest BCUT2D eigenvalue weighted by Crippen LogP contribution is -2.13. The van der Waals surface area contributed by atoms with Gasteiger partial charge in [0.25, 0.3) is 0 Å². The third-order valence-electron chi connectivity index (χ3n) is 14.2. The molecule has 3 N–H and O–H groups in total. The molecule has 404 valence electrons. The number of nitrogens with zero attached hydrogens (tertiary/aromatic N) is 11. The zero-order chi connectivity index (χ0) is 55.6. The fourth-order valence-electron chi connectivity index (χ4n) is 10.0. The fourth-order valence-corrected chi connectivity index (χ4v) is 10.0. The summed E-state index contributed by atoms with van der Waals surface area (Å²) in [6, 6.07) is 7.59. The minimum absolute atomic E-state index is 0.0340. The molecule has 2 aliphatic rings. The van der Waals surface area contributed by atoms with Gasteiger partial charge in [-0.15, -0.1) is 0 Å². The van der Waals surface area contributed by atoms with Gasteiger partial charge in [0.1, 0.15) is 44.8 Å². The molecular weight excluding hydrogens is 999 g/mol. The van der Waals surface area contributed by atoms with E-state index >= 15 is 0 Å². The van der Waals surface area contributed by atoms with Crippen molar-refractivity contribution in [3.05, 3.63) is 136 Å². The number of rotatable bonds is 22. The van der Waals surface area contributed by atoms with Crippen molar-refractivity contribution in [3.8, 4) is 0 Å². The van der Waals surface area contributed by atoms with Crippen LogP contribution in [-0.4, -0.2) is 100 Å². The molecule has 0 radical (unpaired) electrons. The average molecular weight is 1060 g/mol. The van der Waals surface area contributed by atoms with Crippen LogP contribution in [0.25, 0.3) is 44.4 Å². The smallest absolute Gasteiger partial charge is 0.342 e. The number of hydrogen-bond donors (Lipinski definition) is 3. The minimum Gasteiger partial charge on any atom is -0.481 e. The van der Waals surface area contributed by atoms with E-state index in [0.29, 0.717) is 67.9 Å². The molecule has 0 saturated heterocycles. The van der Waals surface area contributed by atoms with Crippen LogP contribution >= 0.6 is 0 Å². The number of H-pyrrole nitrogens is 2. The van der Waals surface area contributed by atoms with Crippen molar-refractivity contribution in [1.82, 2.24) is 48.6 Å². The molecule has 0 saturated carbocycles. The van der Waals surface area contributed by atoms with Gasteiger partial charge < -0.3 is 59.6 Å². The van der Waals surface area contributed by atoms with Crippen LogP contribution in [0.2, 0.25) is 0 Å². The molecule has 0 amide bonds. The van der Waals surface area contributed by atoms with Crippen LogP contribution in [0.1, 0.15) is 128 Å². The Bertz CT molecular complexity index is 3590. The number of aromatic amines is 2. The van der Waals surface area contributed by atoms with Gasteiger partial charge in [-0.05, 0) is 127 Å². The van der Waals surface area contributed by atoms with Gasteiger partial charge in [0, 0.05) is 66.8 Å². The lowest BCUT2D eigenvalue weighted by molar-refractivity contribution is -0.392. The first-order chi connectivity index (χ1) is 36.6. The maximum atomic E-state index is 13.4. The molecule has 2 atom stereocenters. The maximum Gasteiger partial charge on any atom is 0.342 e. The Morgan fingerprint density at radius 2 is 0.961 bits per heavy atom. The van der Waals surface area contributed by atoms with Gasteiger partial charge in [0.15, 0.2) is 17.5 Å². The van der Waals surface area contributed by atoms with Crippen LogP contribution in [0.4, 0.5) is 17.5 Å². The van der Waals surface area contributed by atoms with E-state index < -0.39 is 38.9 Å². The van der Waals surface area contributed by atoms with Gasteiger partial charge >= 0.3 is 29.4 Å². The topological polar surface area (TPSA) is 322 Å². The lowest BCUT2D eigenvalue weighted by atomic mass is 9.98. The fraction of sp³-hybridized carbons (Fsp3) is 0.404. The van der Waals surface area contributed by atoms with Crippen LogP contribution in [0.3, 0.4) is 0 Å². The molecule has 8 rings (SSSR count). The number of hydrogen-bond acceptors (Lipinski definition) is 16. The summed E-state index contributed by atoms with van der Waals surface area (Å²) < 4.78 is 22.9. The number of carbonyl (C=O) groups is 2. The normalized spacial score (nSPS) is 13.4. The molecule has 0 fully saturated rings. The van der Waals surface area contributed by atoms with E-state index in [0.717, 1.165) is 45.2 Å². The summed E-state index contributed by atoms with van der Waals surface area (Å²) in [5.74, 6) is -0.685. The molecule has 6 aromatic heterocycles. The number of imidazole rings is 3. The molecule has 2 aliphatic heterocycles. The zero-order valence-electron chi connectivity index (χ0n) is 44.1. The Morgan fingerprint density at radius 3 is 1.39 bits per heavy atom. The number of esters is 1. The van der Waals surface area contributed by atoms with Crippen LogP contribution in [0.15, 0.2) is 42.9 Å². The van der Waals surface area contributed by atoms with E-state index in [9.17, 15) is 45.0 Å². The van der Waals surface area contributed by atoms with Crippen molar-refractivity contribution < 1.29 is 43.7 Å². The summed E-state index contributed by atoms with van der Waals surface area (Å²) in [5.41, 5.74) is 11.0. The average Bonchev–Trinajstić information content (AvgIpc) is 4.29. The molecule has 8 heterocycles. The van der Waals surface area contributed by atoms with Crippen molar-refractivity contribution in [3.63, 3.8) is 0 Å². The second-order valence-corrected chi connectivity index (χ2v) is 18.9. The van der Waals surface area contributed by atoms with Crippen molar-refractivity contribution in [1.29, 1.82) is 0 Å². The number of ether oxygens (including phenoxy) is 3. The van der Waals surface area contributed by atoms with Gasteiger partial charge in [0.05, 0.1) is 48.2 Å². The highest BCUT2D eigenvalue weighted by Gasteiger charge is 2.27. The van der Waals surface area contributed by atoms with Gasteiger partial charge in [-0.25, -0.2) is 38.6 Å². The Hall–Kier alpha value is -8.71. The van der Waals surface area contributed by atoms with Crippen molar-refractivity contribution >= 4 is 73.8 Å². The summed E-state index contributed by atoms with van der Waals surface area (Å²) >= 11 is 0. The number of nitro groups is 3. The Labute approximate surface area is 440 Å². The SMILES string of the molecule is CC1=C(CCC(=O)O)c2cc3nc(cc4[nH]c(cc5[nH]c(cc1n2)c(C(C)OCCn1c([N+](=O)[O-])cnc1C)c5C)c(C(C)OCCn1c([N+](=O)[O-])cnc1C)c4C)C(C)=C3CCC(=O)OCCn1c([N+](=O)[O-])cnc1C. The second-order valence-electron chi connectivity index (χ2n) is 18.9. The highest BCUT2D eigenvalue weighted by atomic mass is 16.6. The third-order valence-corrected chi connectivity index (χ3v) is 14.2. The van der Waals surface area contributed by atoms with Gasteiger partial charge in [0.2, 0.25) is 0 Å². The van der Waals surface area contributed by atoms with Gasteiger partial charge in [-0.3, -0.25) is 9.59 Å². The highest BCUT2D eigenvalue weighted by Crippen LogP contribution is 2.40. The van der Waals surface area contributed by atoms with E-state index in [4.69, 9.17) is 24.2 Å². The van der Waals surface area contributed by atoms with E-state index in [1.54, 1.807) is 20.8 Å². The number of aliphatic carboxylic acids is 1. The van der Waals surface area contributed by atoms with Crippen molar-refractivity contribution in [2.24, 2.45) is 0 Å². The predicted molar refractivity (Wildman–Crippen MR) is 282 cm³/mol. The molecule has 2 unspecified atom stereocenters. The number of aryl methyl sites for hydroxylation is 5. The molecule has 0 spiro atoms. The summed E-state index contributed by atoms with van der Waals surface area (Å²) in [6.45, 7) is 17.0. The Balaban J connectivity index is 1.25. The van der Waals surface area contributed by atoms with Gasteiger partial charge in [-0.2, -0.15) is 0 Å². The molecular formula is C52H59N13O12. The molecule has 77 heavy (non-hydrogen) atoms. The van der Waals surface area contributed by atoms with Crippen LogP contribution in [0, 0.1) is 65.0 Å². The largest absolute Gasteiger partial charge is 0.481 e. The zero-order valence-corrected chi connectivity index (χ0v) is 44.1. The summed E-state index contributed by atoms with van der Waals surface area (Å²) in [5, 5.41) is 45.0. The van der Waals surface area contributed by atoms with E-state index in [-0.39, 0.29) is 82.6 Å². The molecule has 8 bridgehead atoms. The van der Waals surface area contributed by atoms with Crippen molar-refractivity contribution in [2.45, 2.75) is 120 Å². The first kappa shape index (κ1) is 54.5. The Morgan fingerprint density at radius 1 is 0.571 bits per heavy atom. The summed E-state index contributed by atoms with van der Waals surface area (Å²) in [6.07, 6.45) is 2.58. The molecule has 0 aromatic carbocycles. The Kier molecular flexibility index (Phi) is 16.0. The highest BCUT2D eigenvalue weighted by molar-refractivity contribution is 5.96. The lowest BCUT2D eigenvalue weighted by Gasteiger charge is -2.14. The third kappa shape index (κ3) is 11.4. The van der Waals surface area contributed by atoms with E-state index in [2.05, 4.69) is 24.9 Å². The maximum absolute atomic E-state index is 13.4. The predicted octanol–water partition coefficient (Wildman–Crippen LogP) is 9.48. The van der Waals surface area contributed by atoms with Crippen LogP contribution in [-0.2, 0) is 43.4 Å². The number of carbonyl (C=O) groups excluding carboxylic acids is 1. The quantitative estimate of drug-likeness (QED) is 0.0323. The number of allylic oxidation sites excluding steroid dienone is 4. The minimum atomic E-state index is -0.988. The molecule has 0 aliphatic carbocycles. The number of nitrogens with one attached hydrogen (secondary N) is 2. The summed E-state index contributed by atoms with van der Waals surface area (Å²) in [4.78, 5) is 88.8. The second kappa shape index (κ2) is 22.6. The van der Waals surface area contributed by atoms with E-state index in [1.165, 1.54) is 26.1 Å². The standard InChI is InChI=1S/C52H59N13O12/c1-27-36(10-12-49(66)67)42-23-43-37(11-13-50(68)77-19-16-62-35(9)55-26-48(62)65(73)74)28(2)38(56-43)20-40-29(3)51(31(5)75-17-14-60-33(7)53-24-46(60)63(69)70)45(58-40)22-41-30(4)52(44(59-41)21-39(27)57-42)32(6)76-18-15-61-34(8)54-25-47(61)64(71)72/h20-26,31-32,58-59H,10-19H2,1-9H3,(H,66,67). The van der Waals surface area contributed by atoms with Crippen molar-refractivity contribution in [2.75, 3.05) is 19.8 Å². The van der Waals surface area contributed by atoms with Crippen LogP contribution < -0.4 is 0 Å². The summed E-state index contributed by atoms with van der Waals surface area (Å²) in [7, 11) is 0. The number of carboxylic acids is 1. The van der Waals surface area contributed by atoms with E-state index in [1.807, 2.05) is 65.8 Å². The first-order valence-electron chi connectivity index (χ1n) is 24.9. The number of fused-ring (bicyclic) bond motifs is 8. The first-order valence-corrected chi connectivity index (χ1v) is 24.9. The molecule has 25 heteroatoms. The monoisotopic (exact) mass is 1060 g/mol. The molecule has 6 aromatic rings. The van der Waals surface area contributed by atoms with Gasteiger partial charge in [-0.1, -0.05) is 0 Å². The number of aromatic nitrogens is 10. The number of carboxylic acid groups (broad SMARTS) is 1. The van der Waals surface area contributed by atoms with Crippen LogP contribution in [0.5, 0.6) is 0 Å². The molecule has 25 nitrogen and oxygen atoms in total.